The van der Waals surface area contributed by atoms with Gasteiger partial charge in [0.25, 0.3) is 0 Å². The molecule has 3 heterocycles. The number of urea groups is 1. The quantitative estimate of drug-likeness (QED) is 0.896. The van der Waals surface area contributed by atoms with Crippen LogP contribution in [0.1, 0.15) is 25.8 Å². The highest BCUT2D eigenvalue weighted by Crippen LogP contribution is 2.34. The number of carbonyl (C=O) groups excluding carboxylic acids is 2. The number of furan rings is 1. The second-order valence-corrected chi connectivity index (χ2v) is 7.79. The van der Waals surface area contributed by atoms with E-state index >= 15 is 0 Å². The highest BCUT2D eigenvalue weighted by atomic mass is 16.3. The molecule has 1 atom stereocenters. The van der Waals surface area contributed by atoms with Gasteiger partial charge in [-0.15, -0.1) is 0 Å². The zero-order valence-electron chi connectivity index (χ0n) is 15.3. The minimum Gasteiger partial charge on any atom is -0.472 e. The summed E-state index contributed by atoms with van der Waals surface area (Å²) in [5, 5.41) is 2.98. The lowest BCUT2D eigenvalue weighted by Gasteiger charge is -2.33. The summed E-state index contributed by atoms with van der Waals surface area (Å²) in [4.78, 5) is 30.8. The van der Waals surface area contributed by atoms with Crippen molar-refractivity contribution in [2.24, 2.45) is 5.41 Å². The van der Waals surface area contributed by atoms with Crippen molar-refractivity contribution in [2.75, 3.05) is 39.8 Å². The van der Waals surface area contributed by atoms with E-state index in [2.05, 4.69) is 10.2 Å². The number of hydrogen-bond donors (Lipinski definition) is 1. The maximum Gasteiger partial charge on any atom is 0.317 e. The Morgan fingerprint density at radius 1 is 1.32 bits per heavy atom. The number of rotatable bonds is 3. The van der Waals surface area contributed by atoms with Gasteiger partial charge in [-0.2, -0.15) is 0 Å². The first-order chi connectivity index (χ1) is 11.9. The number of amides is 3. The molecular formula is C18H28N4O3. The zero-order valence-corrected chi connectivity index (χ0v) is 15.3. The highest BCUT2D eigenvalue weighted by Gasteiger charge is 2.46. The maximum atomic E-state index is 12.6. The van der Waals surface area contributed by atoms with Crippen LogP contribution in [-0.2, 0) is 11.3 Å². The van der Waals surface area contributed by atoms with Crippen molar-refractivity contribution >= 4 is 11.9 Å². The second kappa shape index (κ2) is 7.07. The summed E-state index contributed by atoms with van der Waals surface area (Å²) >= 11 is 0. The van der Waals surface area contributed by atoms with E-state index in [1.54, 1.807) is 17.4 Å². The van der Waals surface area contributed by atoms with Crippen LogP contribution >= 0.6 is 0 Å². The second-order valence-electron chi connectivity index (χ2n) is 7.79. The van der Waals surface area contributed by atoms with Crippen LogP contribution in [0.2, 0.25) is 0 Å². The highest BCUT2D eigenvalue weighted by molar-refractivity contribution is 5.80. The van der Waals surface area contributed by atoms with Gasteiger partial charge in [-0.1, -0.05) is 0 Å². The summed E-state index contributed by atoms with van der Waals surface area (Å²) in [6.45, 7) is 8.26. The summed E-state index contributed by atoms with van der Waals surface area (Å²) in [5.74, 6) is 0.161. The molecule has 7 heteroatoms. The van der Waals surface area contributed by atoms with Gasteiger partial charge in [-0.3, -0.25) is 9.69 Å². The normalized spacial score (nSPS) is 25.0. The standard InChI is InChI=1S/C18H28N4O3/c1-14(2)19-17(24)22-6-5-21(9-15-4-7-25-10-15)12-18(13-22)8-16(23)20(3)11-18/h4,7,10,14H,5-6,8-9,11-13H2,1-3H3,(H,19,24)/t18-/m0/s1. The molecule has 0 bridgehead atoms. The van der Waals surface area contributed by atoms with Crippen LogP contribution in [0.4, 0.5) is 4.79 Å². The fourth-order valence-electron chi connectivity index (χ4n) is 3.95. The summed E-state index contributed by atoms with van der Waals surface area (Å²) < 4.78 is 5.18. The van der Waals surface area contributed by atoms with Crippen molar-refractivity contribution in [3.05, 3.63) is 24.2 Å². The number of nitrogens with one attached hydrogen (secondary N) is 1. The average molecular weight is 348 g/mol. The van der Waals surface area contributed by atoms with Crippen molar-refractivity contribution in [2.45, 2.75) is 32.9 Å². The minimum atomic E-state index is -0.208. The SMILES string of the molecule is CC(C)NC(=O)N1CCN(Cc2ccoc2)C[C@@]2(CC(=O)N(C)C2)C1. The summed E-state index contributed by atoms with van der Waals surface area (Å²) in [5.41, 5.74) is 0.910. The third-order valence-corrected chi connectivity index (χ3v) is 4.98. The molecule has 1 aromatic heterocycles. The Labute approximate surface area is 148 Å². The van der Waals surface area contributed by atoms with Crippen LogP contribution in [-0.4, -0.2) is 72.5 Å². The molecular weight excluding hydrogens is 320 g/mol. The lowest BCUT2D eigenvalue weighted by molar-refractivity contribution is -0.126. The summed E-state index contributed by atoms with van der Waals surface area (Å²) in [6.07, 6.45) is 3.93. The van der Waals surface area contributed by atoms with Gasteiger partial charge in [-0.25, -0.2) is 4.79 Å². The van der Waals surface area contributed by atoms with Crippen LogP contribution in [0.5, 0.6) is 0 Å². The first-order valence-corrected chi connectivity index (χ1v) is 8.90. The molecule has 0 aliphatic carbocycles. The molecule has 7 nitrogen and oxygen atoms in total. The lowest BCUT2D eigenvalue weighted by atomic mass is 9.86. The molecule has 2 aliphatic heterocycles. The fraction of sp³-hybridized carbons (Fsp3) is 0.667. The van der Waals surface area contributed by atoms with E-state index in [0.29, 0.717) is 26.1 Å². The Balaban J connectivity index is 1.78. The van der Waals surface area contributed by atoms with Crippen molar-refractivity contribution in [1.82, 2.24) is 20.0 Å². The van der Waals surface area contributed by atoms with Crippen LogP contribution in [0, 0.1) is 5.41 Å². The summed E-state index contributed by atoms with van der Waals surface area (Å²) in [7, 11) is 1.85. The maximum absolute atomic E-state index is 12.6. The molecule has 1 aromatic rings. The van der Waals surface area contributed by atoms with E-state index in [1.807, 2.05) is 31.9 Å². The molecule has 25 heavy (non-hydrogen) atoms. The topological polar surface area (TPSA) is 69.0 Å². The molecule has 1 spiro atoms. The summed E-state index contributed by atoms with van der Waals surface area (Å²) in [6, 6.07) is 2.02. The van der Waals surface area contributed by atoms with Crippen molar-refractivity contribution in [3.63, 3.8) is 0 Å². The molecule has 2 fully saturated rings. The third-order valence-electron chi connectivity index (χ3n) is 4.98. The third kappa shape index (κ3) is 4.15. The van der Waals surface area contributed by atoms with E-state index in [9.17, 15) is 9.59 Å². The molecule has 0 saturated carbocycles. The van der Waals surface area contributed by atoms with Crippen molar-refractivity contribution in [3.8, 4) is 0 Å². The average Bonchev–Trinajstić information content (AvgIpc) is 3.06. The van der Waals surface area contributed by atoms with E-state index < -0.39 is 0 Å². The van der Waals surface area contributed by atoms with Gasteiger partial charge in [0.05, 0.1) is 12.5 Å². The van der Waals surface area contributed by atoms with Gasteiger partial charge >= 0.3 is 6.03 Å². The van der Waals surface area contributed by atoms with Crippen LogP contribution in [0.15, 0.2) is 23.0 Å². The Bertz CT molecular complexity index is 616. The van der Waals surface area contributed by atoms with Crippen LogP contribution in [0.3, 0.4) is 0 Å². The first-order valence-electron chi connectivity index (χ1n) is 8.90. The fourth-order valence-corrected chi connectivity index (χ4v) is 3.95. The van der Waals surface area contributed by atoms with E-state index in [4.69, 9.17) is 4.42 Å². The Morgan fingerprint density at radius 3 is 2.72 bits per heavy atom. The Kier molecular flexibility index (Phi) is 5.03. The molecule has 2 aliphatic rings. The van der Waals surface area contributed by atoms with Gasteiger partial charge < -0.3 is 19.5 Å². The number of likely N-dealkylation sites (tertiary alicyclic amines) is 1. The molecule has 0 radical (unpaired) electrons. The molecule has 3 rings (SSSR count). The predicted octanol–water partition coefficient (Wildman–Crippen LogP) is 1.36. The van der Waals surface area contributed by atoms with Crippen LogP contribution in [0.25, 0.3) is 0 Å². The van der Waals surface area contributed by atoms with Crippen molar-refractivity contribution < 1.29 is 14.0 Å². The predicted molar refractivity (Wildman–Crippen MR) is 93.9 cm³/mol. The first kappa shape index (κ1) is 17.8. The van der Waals surface area contributed by atoms with E-state index in [1.165, 1.54) is 0 Å². The van der Waals surface area contributed by atoms with Crippen LogP contribution < -0.4 is 5.32 Å². The zero-order chi connectivity index (χ0) is 18.0. The molecule has 3 amide bonds. The number of hydrogen-bond acceptors (Lipinski definition) is 4. The molecule has 0 unspecified atom stereocenters. The lowest BCUT2D eigenvalue weighted by Crippen LogP contribution is -2.48. The monoisotopic (exact) mass is 348 g/mol. The van der Waals surface area contributed by atoms with Gasteiger partial charge in [0.1, 0.15) is 0 Å². The van der Waals surface area contributed by atoms with Gasteiger partial charge in [0.2, 0.25) is 5.91 Å². The van der Waals surface area contributed by atoms with E-state index in [-0.39, 0.29) is 23.4 Å². The Morgan fingerprint density at radius 2 is 2.12 bits per heavy atom. The largest absolute Gasteiger partial charge is 0.472 e. The smallest absolute Gasteiger partial charge is 0.317 e. The number of nitrogens with zero attached hydrogens (tertiary/aromatic N) is 3. The number of carbonyl (C=O) groups is 2. The molecule has 1 N–H and O–H groups in total. The molecule has 2 saturated heterocycles. The minimum absolute atomic E-state index is 0.0402. The van der Waals surface area contributed by atoms with E-state index in [0.717, 1.165) is 25.2 Å². The van der Waals surface area contributed by atoms with Gasteiger partial charge in [0, 0.05) is 69.8 Å². The Hall–Kier alpha value is -2.02. The van der Waals surface area contributed by atoms with Crippen molar-refractivity contribution in [1.29, 1.82) is 0 Å². The van der Waals surface area contributed by atoms with Gasteiger partial charge in [0.15, 0.2) is 0 Å². The molecule has 0 aromatic carbocycles. The molecule has 138 valence electrons. The van der Waals surface area contributed by atoms with Gasteiger partial charge in [-0.05, 0) is 19.9 Å².